The number of methoxy groups -OCH3 is 2. The Kier molecular flexibility index (Phi) is 6.24. The quantitative estimate of drug-likeness (QED) is 0.871. The minimum atomic E-state index is 0.228. The number of rotatable bonds is 6. The van der Waals surface area contributed by atoms with Crippen molar-refractivity contribution >= 4 is 23.4 Å². The number of likely N-dealkylation sites (tertiary alicyclic amines) is 1. The lowest BCUT2D eigenvalue weighted by molar-refractivity contribution is -0.129. The number of ether oxygens (including phenoxy) is 2. The molecule has 0 aliphatic carbocycles. The minimum absolute atomic E-state index is 0.228. The van der Waals surface area contributed by atoms with Crippen LogP contribution in [0.15, 0.2) is 18.2 Å². The predicted octanol–water partition coefficient (Wildman–Crippen LogP) is 2.47. The van der Waals surface area contributed by atoms with Crippen LogP contribution in [0.3, 0.4) is 0 Å². The highest BCUT2D eigenvalue weighted by Gasteiger charge is 2.23. The van der Waals surface area contributed by atoms with E-state index >= 15 is 0 Å². The molecule has 1 unspecified atom stereocenters. The Morgan fingerprint density at radius 2 is 2.14 bits per heavy atom. The summed E-state index contributed by atoms with van der Waals surface area (Å²) in [4.78, 5) is 14.0. The maximum absolute atomic E-state index is 12.0. The number of carbonyl (C=O) groups excluding carboxylic acids is 1. The molecule has 0 saturated carbocycles. The van der Waals surface area contributed by atoms with Crippen molar-refractivity contribution in [1.82, 2.24) is 4.90 Å². The second kappa shape index (κ2) is 8.17. The summed E-state index contributed by atoms with van der Waals surface area (Å²) in [5.41, 5.74) is 0.988. The molecule has 22 heavy (non-hydrogen) atoms. The topological polar surface area (TPSA) is 50.8 Å². The van der Waals surface area contributed by atoms with E-state index in [-0.39, 0.29) is 11.9 Å². The van der Waals surface area contributed by atoms with Gasteiger partial charge in [0.25, 0.3) is 0 Å². The number of piperidine rings is 1. The van der Waals surface area contributed by atoms with Crippen LogP contribution in [-0.4, -0.2) is 56.2 Å². The molecular weight excluding hydrogens is 300 g/mol. The number of nitrogens with zero attached hydrogens (tertiary/aromatic N) is 1. The first-order chi connectivity index (χ1) is 10.7. The Balaban J connectivity index is 1.99. The summed E-state index contributed by atoms with van der Waals surface area (Å²) in [6, 6.07) is 6.07. The standard InChI is InChI=1S/C16H24N2O3S/c1-20-14-7-6-12(9-15(14)21-2)17-13-5-4-8-18(10-13)16(19)11-22-3/h6-7,9,13,17H,4-5,8,10-11H2,1-3H3. The van der Waals surface area contributed by atoms with Crippen molar-refractivity contribution in [2.45, 2.75) is 18.9 Å². The molecule has 1 atom stereocenters. The molecule has 1 saturated heterocycles. The van der Waals surface area contributed by atoms with Gasteiger partial charge in [-0.2, -0.15) is 11.8 Å². The molecule has 1 amide bonds. The SMILES string of the molecule is COc1ccc(NC2CCCN(C(=O)CSC)C2)cc1OC. The number of amides is 1. The Morgan fingerprint density at radius 1 is 1.36 bits per heavy atom. The van der Waals surface area contributed by atoms with Gasteiger partial charge in [-0.1, -0.05) is 0 Å². The van der Waals surface area contributed by atoms with Crippen LogP contribution in [-0.2, 0) is 4.79 Å². The molecule has 1 aromatic rings. The van der Waals surface area contributed by atoms with E-state index < -0.39 is 0 Å². The summed E-state index contributed by atoms with van der Waals surface area (Å²) in [7, 11) is 3.26. The highest BCUT2D eigenvalue weighted by Crippen LogP contribution is 2.30. The molecule has 0 spiro atoms. The van der Waals surface area contributed by atoms with Gasteiger partial charge < -0.3 is 19.7 Å². The van der Waals surface area contributed by atoms with Crippen LogP contribution in [0.1, 0.15) is 12.8 Å². The monoisotopic (exact) mass is 324 g/mol. The summed E-state index contributed by atoms with van der Waals surface area (Å²) in [5.74, 6) is 2.21. The van der Waals surface area contributed by atoms with E-state index in [9.17, 15) is 4.79 Å². The third kappa shape index (κ3) is 4.22. The lowest BCUT2D eigenvalue weighted by Crippen LogP contribution is -2.45. The molecule has 0 aromatic heterocycles. The number of carbonyl (C=O) groups is 1. The molecule has 6 heteroatoms. The lowest BCUT2D eigenvalue weighted by Gasteiger charge is -2.33. The van der Waals surface area contributed by atoms with Gasteiger partial charge in [0.2, 0.25) is 5.91 Å². The molecule has 122 valence electrons. The molecule has 1 aliphatic rings. The summed E-state index contributed by atoms with van der Waals surface area (Å²) in [5, 5.41) is 3.50. The zero-order chi connectivity index (χ0) is 15.9. The second-order valence-electron chi connectivity index (χ2n) is 5.33. The number of anilines is 1. The normalized spacial score (nSPS) is 18.0. The van der Waals surface area contributed by atoms with Gasteiger partial charge in [-0.3, -0.25) is 4.79 Å². The summed E-state index contributed by atoms with van der Waals surface area (Å²) in [6.07, 6.45) is 4.06. The maximum Gasteiger partial charge on any atom is 0.232 e. The highest BCUT2D eigenvalue weighted by atomic mass is 32.2. The van der Waals surface area contributed by atoms with E-state index in [1.165, 1.54) is 0 Å². The van der Waals surface area contributed by atoms with Crippen molar-refractivity contribution in [2.24, 2.45) is 0 Å². The third-order valence-electron chi connectivity index (χ3n) is 3.80. The summed E-state index contributed by atoms with van der Waals surface area (Å²) >= 11 is 1.58. The molecule has 0 radical (unpaired) electrons. The van der Waals surface area contributed by atoms with Gasteiger partial charge in [0.15, 0.2) is 11.5 Å². The Morgan fingerprint density at radius 3 is 2.82 bits per heavy atom. The molecule has 5 nitrogen and oxygen atoms in total. The van der Waals surface area contributed by atoms with Crippen LogP contribution < -0.4 is 14.8 Å². The van der Waals surface area contributed by atoms with Crippen LogP contribution in [0.5, 0.6) is 11.5 Å². The van der Waals surface area contributed by atoms with E-state index in [1.807, 2.05) is 29.4 Å². The first kappa shape index (κ1) is 16.8. The van der Waals surface area contributed by atoms with Gasteiger partial charge in [-0.15, -0.1) is 0 Å². The van der Waals surface area contributed by atoms with Gasteiger partial charge in [0, 0.05) is 30.9 Å². The molecule has 1 N–H and O–H groups in total. The van der Waals surface area contributed by atoms with Crippen LogP contribution in [0.2, 0.25) is 0 Å². The van der Waals surface area contributed by atoms with Gasteiger partial charge in [-0.05, 0) is 31.2 Å². The van der Waals surface area contributed by atoms with E-state index in [0.717, 1.165) is 31.6 Å². The number of benzene rings is 1. The predicted molar refractivity (Wildman–Crippen MR) is 91.2 cm³/mol. The molecule has 1 heterocycles. The summed E-state index contributed by atoms with van der Waals surface area (Å²) in [6.45, 7) is 1.62. The fourth-order valence-electron chi connectivity index (χ4n) is 2.70. The van der Waals surface area contributed by atoms with Crippen molar-refractivity contribution in [3.8, 4) is 11.5 Å². The largest absolute Gasteiger partial charge is 0.493 e. The van der Waals surface area contributed by atoms with Gasteiger partial charge in [-0.25, -0.2) is 0 Å². The van der Waals surface area contributed by atoms with Crippen LogP contribution in [0, 0.1) is 0 Å². The van der Waals surface area contributed by atoms with E-state index in [2.05, 4.69) is 5.32 Å². The Hall–Kier alpha value is -1.56. The minimum Gasteiger partial charge on any atom is -0.493 e. The molecule has 1 aromatic carbocycles. The first-order valence-corrected chi connectivity index (χ1v) is 8.82. The molecule has 1 aliphatic heterocycles. The fraction of sp³-hybridized carbons (Fsp3) is 0.562. The van der Waals surface area contributed by atoms with E-state index in [4.69, 9.17) is 9.47 Å². The zero-order valence-corrected chi connectivity index (χ0v) is 14.2. The average Bonchev–Trinajstić information content (AvgIpc) is 2.55. The smallest absolute Gasteiger partial charge is 0.232 e. The molecule has 1 fully saturated rings. The zero-order valence-electron chi connectivity index (χ0n) is 13.4. The van der Waals surface area contributed by atoms with Crippen molar-refractivity contribution in [3.05, 3.63) is 18.2 Å². The third-order valence-corrected chi connectivity index (χ3v) is 4.33. The second-order valence-corrected chi connectivity index (χ2v) is 6.19. The van der Waals surface area contributed by atoms with Crippen LogP contribution in [0.4, 0.5) is 5.69 Å². The maximum atomic E-state index is 12.0. The van der Waals surface area contributed by atoms with Crippen molar-refractivity contribution < 1.29 is 14.3 Å². The van der Waals surface area contributed by atoms with Crippen molar-refractivity contribution in [1.29, 1.82) is 0 Å². The van der Waals surface area contributed by atoms with Crippen LogP contribution >= 0.6 is 11.8 Å². The van der Waals surface area contributed by atoms with Crippen molar-refractivity contribution in [3.63, 3.8) is 0 Å². The Labute approximate surface area is 136 Å². The number of thioether (sulfide) groups is 1. The Bertz CT molecular complexity index is 510. The number of nitrogens with one attached hydrogen (secondary N) is 1. The molecule has 0 bridgehead atoms. The molecular formula is C16H24N2O3S. The molecule has 2 rings (SSSR count). The van der Waals surface area contributed by atoms with Gasteiger partial charge >= 0.3 is 0 Å². The number of hydrogen-bond acceptors (Lipinski definition) is 5. The summed E-state index contributed by atoms with van der Waals surface area (Å²) < 4.78 is 10.6. The first-order valence-electron chi connectivity index (χ1n) is 7.43. The van der Waals surface area contributed by atoms with E-state index in [0.29, 0.717) is 17.3 Å². The lowest BCUT2D eigenvalue weighted by atomic mass is 10.1. The van der Waals surface area contributed by atoms with Crippen LogP contribution in [0.25, 0.3) is 0 Å². The van der Waals surface area contributed by atoms with Crippen molar-refractivity contribution in [2.75, 3.05) is 44.6 Å². The average molecular weight is 324 g/mol. The van der Waals surface area contributed by atoms with Gasteiger partial charge in [0.1, 0.15) is 0 Å². The highest BCUT2D eigenvalue weighted by molar-refractivity contribution is 7.99. The number of hydrogen-bond donors (Lipinski definition) is 1. The van der Waals surface area contributed by atoms with E-state index in [1.54, 1.807) is 26.0 Å². The fourth-order valence-corrected chi connectivity index (χ4v) is 3.13. The van der Waals surface area contributed by atoms with Gasteiger partial charge in [0.05, 0.1) is 20.0 Å².